The smallest absolute Gasteiger partial charge is 0.145 e. The van der Waals surface area contributed by atoms with E-state index in [1.807, 2.05) is 30.3 Å². The number of benzene rings is 8. The van der Waals surface area contributed by atoms with Crippen molar-refractivity contribution >= 4 is 39.1 Å². The fraction of sp³-hybridized carbons (Fsp3) is 0.0556. The molecule has 11 rings (SSSR count). The van der Waals surface area contributed by atoms with Gasteiger partial charge in [0.1, 0.15) is 17.2 Å². The van der Waals surface area contributed by atoms with E-state index >= 15 is 0 Å². The first-order valence-corrected chi connectivity index (χ1v) is 19.9. The predicted molar refractivity (Wildman–Crippen MR) is 239 cm³/mol. The molecule has 0 amide bonds. The van der Waals surface area contributed by atoms with Gasteiger partial charge in [0.2, 0.25) is 0 Å². The van der Waals surface area contributed by atoms with Crippen molar-refractivity contribution in [3.05, 3.63) is 211 Å². The van der Waals surface area contributed by atoms with Crippen molar-refractivity contribution in [2.24, 2.45) is 0 Å². The van der Waals surface area contributed by atoms with Crippen LogP contribution in [0, 0.1) is 0 Å². The molecule has 276 valence electrons. The van der Waals surface area contributed by atoms with Crippen LogP contribution in [0.15, 0.2) is 205 Å². The van der Waals surface area contributed by atoms with Crippen molar-refractivity contribution in [2.75, 3.05) is 4.90 Å². The molecule has 0 unspecified atom stereocenters. The lowest BCUT2D eigenvalue weighted by atomic mass is 9.82. The molecule has 0 fully saturated rings. The van der Waals surface area contributed by atoms with Crippen molar-refractivity contribution < 1.29 is 4.42 Å². The number of rotatable bonds is 7. The highest BCUT2D eigenvalue weighted by Gasteiger charge is 2.35. The van der Waals surface area contributed by atoms with Crippen LogP contribution in [0.1, 0.15) is 25.0 Å². The highest BCUT2D eigenvalue weighted by atomic mass is 16.3. The second-order valence-electron chi connectivity index (χ2n) is 15.7. The van der Waals surface area contributed by atoms with Crippen LogP contribution in [0.2, 0.25) is 0 Å². The van der Waals surface area contributed by atoms with Crippen molar-refractivity contribution in [2.45, 2.75) is 19.3 Å². The first-order chi connectivity index (χ1) is 28.5. The fourth-order valence-electron chi connectivity index (χ4n) is 8.87. The summed E-state index contributed by atoms with van der Waals surface area (Å²) in [5.41, 5.74) is 16.9. The van der Waals surface area contributed by atoms with E-state index in [9.17, 15) is 0 Å². The van der Waals surface area contributed by atoms with Gasteiger partial charge >= 0.3 is 0 Å². The highest BCUT2D eigenvalue weighted by Crippen LogP contribution is 2.51. The SMILES string of the molecule is CC1(C)c2ccccc2-c2ccc(N(c3ccc(-c4cc5ccccc5o4)cc3)c3cccc(-c4ccc(-c5nc6ccccc6n5-c5ccccc5)cc4)c3)cc21. The largest absolute Gasteiger partial charge is 0.456 e. The molecule has 1 aliphatic rings. The highest BCUT2D eigenvalue weighted by molar-refractivity contribution is 5.88. The summed E-state index contributed by atoms with van der Waals surface area (Å²) in [6.07, 6.45) is 0. The van der Waals surface area contributed by atoms with Gasteiger partial charge in [-0.05, 0) is 118 Å². The molecule has 4 heteroatoms. The summed E-state index contributed by atoms with van der Waals surface area (Å²) < 4.78 is 8.50. The number of nitrogens with zero attached hydrogens (tertiary/aromatic N) is 3. The number of hydrogen-bond acceptors (Lipinski definition) is 3. The molecule has 10 aromatic rings. The molecule has 0 saturated carbocycles. The zero-order valence-electron chi connectivity index (χ0n) is 32.3. The van der Waals surface area contributed by atoms with Gasteiger partial charge in [-0.1, -0.05) is 129 Å². The summed E-state index contributed by atoms with van der Waals surface area (Å²) >= 11 is 0. The van der Waals surface area contributed by atoms with E-state index in [4.69, 9.17) is 9.40 Å². The molecular formula is C54H39N3O. The van der Waals surface area contributed by atoms with Gasteiger partial charge < -0.3 is 9.32 Å². The molecule has 4 nitrogen and oxygen atoms in total. The number of imidazole rings is 1. The quantitative estimate of drug-likeness (QED) is 0.163. The third-order valence-electron chi connectivity index (χ3n) is 11.8. The summed E-state index contributed by atoms with van der Waals surface area (Å²) in [5, 5.41) is 1.10. The predicted octanol–water partition coefficient (Wildman–Crippen LogP) is 14.5. The van der Waals surface area contributed by atoms with Gasteiger partial charge in [0.15, 0.2) is 0 Å². The van der Waals surface area contributed by atoms with Crippen LogP contribution < -0.4 is 4.90 Å². The maximum atomic E-state index is 6.25. The second kappa shape index (κ2) is 13.4. The first-order valence-electron chi connectivity index (χ1n) is 19.9. The first kappa shape index (κ1) is 33.9. The number of para-hydroxylation sites is 4. The van der Waals surface area contributed by atoms with Crippen molar-refractivity contribution in [3.63, 3.8) is 0 Å². The van der Waals surface area contributed by atoms with Crippen LogP contribution in [-0.4, -0.2) is 9.55 Å². The van der Waals surface area contributed by atoms with E-state index < -0.39 is 0 Å². The Morgan fingerprint density at radius 2 is 1.16 bits per heavy atom. The van der Waals surface area contributed by atoms with E-state index in [0.29, 0.717) is 0 Å². The molecule has 0 bridgehead atoms. The summed E-state index contributed by atoms with van der Waals surface area (Å²) in [7, 11) is 0. The lowest BCUT2D eigenvalue weighted by Gasteiger charge is -2.28. The van der Waals surface area contributed by atoms with Gasteiger partial charge in [0, 0.05) is 44.7 Å². The Morgan fingerprint density at radius 1 is 0.483 bits per heavy atom. The third-order valence-corrected chi connectivity index (χ3v) is 11.8. The molecular weight excluding hydrogens is 707 g/mol. The van der Waals surface area contributed by atoms with Crippen LogP contribution in [0.5, 0.6) is 0 Å². The fourth-order valence-corrected chi connectivity index (χ4v) is 8.87. The number of hydrogen-bond donors (Lipinski definition) is 0. The normalized spacial score (nSPS) is 12.8. The monoisotopic (exact) mass is 745 g/mol. The van der Waals surface area contributed by atoms with Crippen molar-refractivity contribution in [3.8, 4) is 50.7 Å². The second-order valence-corrected chi connectivity index (χ2v) is 15.7. The molecule has 58 heavy (non-hydrogen) atoms. The van der Waals surface area contributed by atoms with E-state index in [1.165, 1.54) is 22.3 Å². The van der Waals surface area contributed by atoms with E-state index in [1.54, 1.807) is 0 Å². The maximum Gasteiger partial charge on any atom is 0.145 e. The number of fused-ring (bicyclic) bond motifs is 5. The van der Waals surface area contributed by atoms with Crippen molar-refractivity contribution in [1.29, 1.82) is 0 Å². The summed E-state index contributed by atoms with van der Waals surface area (Å²) in [5.74, 6) is 1.78. The maximum absolute atomic E-state index is 6.25. The number of aromatic nitrogens is 2. The van der Waals surface area contributed by atoms with Crippen molar-refractivity contribution in [1.82, 2.24) is 9.55 Å². The Hall–Kier alpha value is -7.43. The Morgan fingerprint density at radius 3 is 2.00 bits per heavy atom. The van der Waals surface area contributed by atoms with Gasteiger partial charge in [-0.15, -0.1) is 0 Å². The minimum Gasteiger partial charge on any atom is -0.456 e. The van der Waals surface area contributed by atoms with Crippen LogP contribution in [0.3, 0.4) is 0 Å². The van der Waals surface area contributed by atoms with Crippen LogP contribution in [0.4, 0.5) is 17.1 Å². The molecule has 1 aliphatic carbocycles. The topological polar surface area (TPSA) is 34.2 Å². The van der Waals surface area contributed by atoms with E-state index in [0.717, 1.165) is 78.6 Å². The number of furan rings is 1. The van der Waals surface area contributed by atoms with Crippen LogP contribution >= 0.6 is 0 Å². The molecule has 0 spiro atoms. The zero-order chi connectivity index (χ0) is 38.8. The molecule has 2 aromatic heterocycles. The Kier molecular flexibility index (Phi) is 7.80. The van der Waals surface area contributed by atoms with E-state index in [-0.39, 0.29) is 5.41 Å². The summed E-state index contributed by atoms with van der Waals surface area (Å²) in [6.45, 7) is 4.68. The molecule has 0 saturated heterocycles. The Balaban J connectivity index is 0.994. The summed E-state index contributed by atoms with van der Waals surface area (Å²) in [6, 6.07) is 71.3. The van der Waals surface area contributed by atoms with E-state index in [2.05, 4.69) is 193 Å². The van der Waals surface area contributed by atoms with Gasteiger partial charge in [-0.2, -0.15) is 0 Å². The zero-order valence-corrected chi connectivity index (χ0v) is 32.3. The standard InChI is InChI=1S/C54H39N3O/c1-54(2)47-19-8-7-18-45(47)46-32-31-44(35-48(46)54)56(42-29-27-37(28-30-42)52-34-40-13-6-11-22-51(40)58-52)43-17-12-14-39(33-43)36-23-25-38(26-24-36)53-55-49-20-9-10-21-50(49)57(53)41-15-4-3-5-16-41/h3-35H,1-2H3. The van der Waals surface area contributed by atoms with Crippen LogP contribution in [-0.2, 0) is 5.41 Å². The molecule has 8 aromatic carbocycles. The van der Waals surface area contributed by atoms with Crippen LogP contribution in [0.25, 0.3) is 72.7 Å². The minimum absolute atomic E-state index is 0.122. The van der Waals surface area contributed by atoms with Gasteiger partial charge in [0.25, 0.3) is 0 Å². The minimum atomic E-state index is -0.122. The third kappa shape index (κ3) is 5.56. The van der Waals surface area contributed by atoms with Gasteiger partial charge in [0.05, 0.1) is 11.0 Å². The van der Waals surface area contributed by atoms with Gasteiger partial charge in [-0.25, -0.2) is 4.98 Å². The Labute approximate surface area is 337 Å². The average molecular weight is 746 g/mol. The molecule has 0 N–H and O–H groups in total. The summed E-state index contributed by atoms with van der Waals surface area (Å²) in [4.78, 5) is 7.48. The van der Waals surface area contributed by atoms with Gasteiger partial charge in [-0.3, -0.25) is 4.57 Å². The Bertz CT molecular complexity index is 3100. The molecule has 2 heterocycles. The lowest BCUT2D eigenvalue weighted by Crippen LogP contribution is -2.16. The lowest BCUT2D eigenvalue weighted by molar-refractivity contribution is 0.631. The molecule has 0 radical (unpaired) electrons. The average Bonchev–Trinajstić information content (AvgIpc) is 3.95. The molecule has 0 aliphatic heterocycles. The molecule has 0 atom stereocenters. The number of anilines is 3.